The maximum Gasteiger partial charge on any atom is 0.127 e. The van der Waals surface area contributed by atoms with Gasteiger partial charge in [-0.05, 0) is 12.8 Å². The molecule has 0 spiro atoms. The lowest BCUT2D eigenvalue weighted by atomic mass is 10.0. The van der Waals surface area contributed by atoms with Crippen LogP contribution in [0.25, 0.3) is 0 Å². The molecule has 0 aliphatic rings. The first-order valence-electron chi connectivity index (χ1n) is 3.82. The third-order valence-electron chi connectivity index (χ3n) is 1.68. The number of rotatable bonds is 2. The Hall–Kier alpha value is -0.830. The fraction of sp³-hybridized carbons (Fsp3) is 0.625. The molecular weight excluding hydrogens is 140 g/mol. The highest BCUT2D eigenvalue weighted by atomic mass is 16.5. The quantitative estimate of drug-likeness (QED) is 0.706. The lowest BCUT2D eigenvalue weighted by molar-refractivity contribution is 0.407. The average molecular weight is 154 g/mol. The molecule has 0 radical (unpaired) electrons. The predicted octanol–water partition coefficient (Wildman–Crippen LogP) is 1.82. The number of hydrogen-bond acceptors (Lipinski definition) is 3. The number of hydrogen-bond donors (Lipinski definition) is 1. The largest absolute Gasteiger partial charge is 0.364 e. The van der Waals surface area contributed by atoms with Gasteiger partial charge in [0.2, 0.25) is 0 Å². The van der Waals surface area contributed by atoms with Crippen molar-refractivity contribution in [1.29, 1.82) is 0 Å². The van der Waals surface area contributed by atoms with Gasteiger partial charge in [-0.25, -0.2) is 0 Å². The molecule has 0 saturated carbocycles. The van der Waals surface area contributed by atoms with Crippen molar-refractivity contribution >= 4 is 0 Å². The summed E-state index contributed by atoms with van der Waals surface area (Å²) in [6.07, 6.45) is 1.67. The zero-order chi connectivity index (χ0) is 8.43. The van der Waals surface area contributed by atoms with E-state index in [4.69, 9.17) is 10.3 Å². The van der Waals surface area contributed by atoms with E-state index in [2.05, 4.69) is 19.0 Å². The number of nitrogens with zero attached hydrogens (tertiary/aromatic N) is 1. The van der Waals surface area contributed by atoms with Crippen LogP contribution in [0.4, 0.5) is 0 Å². The molecule has 0 aliphatic heterocycles. The van der Waals surface area contributed by atoms with E-state index in [0.29, 0.717) is 5.92 Å². The molecule has 1 unspecified atom stereocenters. The van der Waals surface area contributed by atoms with Crippen LogP contribution < -0.4 is 5.73 Å². The SMILES string of the molecule is CC(C)c1conc1C(C)N. The second-order valence-corrected chi connectivity index (χ2v) is 3.10. The molecule has 0 bridgehead atoms. The Morgan fingerprint density at radius 2 is 2.09 bits per heavy atom. The molecule has 2 N–H and O–H groups in total. The fourth-order valence-corrected chi connectivity index (χ4v) is 1.03. The van der Waals surface area contributed by atoms with Crippen LogP contribution >= 0.6 is 0 Å². The van der Waals surface area contributed by atoms with E-state index in [1.807, 2.05) is 6.92 Å². The molecule has 0 aliphatic carbocycles. The number of aromatic nitrogens is 1. The zero-order valence-corrected chi connectivity index (χ0v) is 7.16. The third kappa shape index (κ3) is 1.60. The standard InChI is InChI=1S/C8H14N2O/c1-5(2)7-4-11-10-8(7)6(3)9/h4-6H,9H2,1-3H3. The van der Waals surface area contributed by atoms with E-state index < -0.39 is 0 Å². The molecule has 62 valence electrons. The van der Waals surface area contributed by atoms with Gasteiger partial charge < -0.3 is 10.3 Å². The first-order chi connectivity index (χ1) is 5.13. The summed E-state index contributed by atoms with van der Waals surface area (Å²) in [7, 11) is 0. The van der Waals surface area contributed by atoms with Crippen LogP contribution in [-0.2, 0) is 0 Å². The van der Waals surface area contributed by atoms with Gasteiger partial charge in [-0.2, -0.15) is 0 Å². The molecular formula is C8H14N2O. The van der Waals surface area contributed by atoms with Gasteiger partial charge in [-0.15, -0.1) is 0 Å². The van der Waals surface area contributed by atoms with Crippen LogP contribution in [0.1, 0.15) is 44.0 Å². The van der Waals surface area contributed by atoms with Crippen LogP contribution in [0.15, 0.2) is 10.8 Å². The first-order valence-corrected chi connectivity index (χ1v) is 3.82. The van der Waals surface area contributed by atoms with Gasteiger partial charge in [-0.1, -0.05) is 19.0 Å². The minimum atomic E-state index is -0.0360. The molecule has 0 saturated heterocycles. The molecule has 0 amide bonds. The Labute approximate surface area is 66.6 Å². The summed E-state index contributed by atoms with van der Waals surface area (Å²) >= 11 is 0. The lowest BCUT2D eigenvalue weighted by Gasteiger charge is -2.05. The zero-order valence-electron chi connectivity index (χ0n) is 7.16. The molecule has 3 nitrogen and oxygen atoms in total. The summed E-state index contributed by atoms with van der Waals surface area (Å²) in [6.45, 7) is 6.10. The Morgan fingerprint density at radius 1 is 1.45 bits per heavy atom. The Morgan fingerprint density at radius 3 is 2.45 bits per heavy atom. The van der Waals surface area contributed by atoms with E-state index in [1.54, 1.807) is 6.26 Å². The van der Waals surface area contributed by atoms with Crippen LogP contribution in [0.2, 0.25) is 0 Å². The monoisotopic (exact) mass is 154 g/mol. The van der Waals surface area contributed by atoms with Crippen LogP contribution in [0.5, 0.6) is 0 Å². The summed E-state index contributed by atoms with van der Waals surface area (Å²) in [6, 6.07) is -0.0360. The van der Waals surface area contributed by atoms with E-state index in [9.17, 15) is 0 Å². The molecule has 1 aromatic heterocycles. The molecule has 1 aromatic rings. The van der Waals surface area contributed by atoms with Gasteiger partial charge in [0.15, 0.2) is 0 Å². The summed E-state index contributed by atoms with van der Waals surface area (Å²) < 4.78 is 4.84. The van der Waals surface area contributed by atoms with Crippen LogP contribution in [0.3, 0.4) is 0 Å². The van der Waals surface area contributed by atoms with Gasteiger partial charge in [0.25, 0.3) is 0 Å². The van der Waals surface area contributed by atoms with Crippen molar-refractivity contribution in [3.63, 3.8) is 0 Å². The van der Waals surface area contributed by atoms with Crippen LogP contribution in [0, 0.1) is 0 Å². The van der Waals surface area contributed by atoms with Crippen molar-refractivity contribution in [2.75, 3.05) is 0 Å². The van der Waals surface area contributed by atoms with Crippen molar-refractivity contribution in [1.82, 2.24) is 5.16 Å². The van der Waals surface area contributed by atoms with Gasteiger partial charge in [0.05, 0.1) is 0 Å². The minimum absolute atomic E-state index is 0.0360. The van der Waals surface area contributed by atoms with Crippen molar-refractivity contribution in [2.24, 2.45) is 5.73 Å². The minimum Gasteiger partial charge on any atom is -0.364 e. The molecule has 1 rings (SSSR count). The average Bonchev–Trinajstić information content (AvgIpc) is 2.32. The van der Waals surface area contributed by atoms with E-state index in [0.717, 1.165) is 11.3 Å². The van der Waals surface area contributed by atoms with Gasteiger partial charge in [0, 0.05) is 11.6 Å². The van der Waals surface area contributed by atoms with Gasteiger partial charge in [-0.3, -0.25) is 0 Å². The molecule has 3 heteroatoms. The normalized spacial score (nSPS) is 13.9. The molecule has 0 fully saturated rings. The van der Waals surface area contributed by atoms with Crippen molar-refractivity contribution in [3.8, 4) is 0 Å². The van der Waals surface area contributed by atoms with Gasteiger partial charge in [0.1, 0.15) is 12.0 Å². The second kappa shape index (κ2) is 3.05. The highest BCUT2D eigenvalue weighted by Crippen LogP contribution is 2.21. The molecule has 0 aromatic carbocycles. The smallest absolute Gasteiger partial charge is 0.127 e. The predicted molar refractivity (Wildman–Crippen MR) is 43.2 cm³/mol. The van der Waals surface area contributed by atoms with Crippen LogP contribution in [-0.4, -0.2) is 5.16 Å². The molecule has 1 heterocycles. The summed E-state index contributed by atoms with van der Waals surface area (Å²) in [5, 5.41) is 3.84. The Balaban J connectivity index is 2.96. The number of nitrogens with two attached hydrogens (primary N) is 1. The first kappa shape index (κ1) is 8.27. The van der Waals surface area contributed by atoms with Gasteiger partial charge >= 0.3 is 0 Å². The highest BCUT2D eigenvalue weighted by molar-refractivity contribution is 5.20. The van der Waals surface area contributed by atoms with Crippen molar-refractivity contribution < 1.29 is 4.52 Å². The maximum absolute atomic E-state index is 5.67. The highest BCUT2D eigenvalue weighted by Gasteiger charge is 2.13. The summed E-state index contributed by atoms with van der Waals surface area (Å²) in [5.41, 5.74) is 7.66. The maximum atomic E-state index is 5.67. The fourth-order valence-electron chi connectivity index (χ4n) is 1.03. The Kier molecular flexibility index (Phi) is 2.29. The lowest BCUT2D eigenvalue weighted by Crippen LogP contribution is -2.08. The summed E-state index contributed by atoms with van der Waals surface area (Å²) in [4.78, 5) is 0. The second-order valence-electron chi connectivity index (χ2n) is 3.10. The van der Waals surface area contributed by atoms with E-state index in [-0.39, 0.29) is 6.04 Å². The van der Waals surface area contributed by atoms with Crippen molar-refractivity contribution in [2.45, 2.75) is 32.7 Å². The van der Waals surface area contributed by atoms with E-state index in [1.165, 1.54) is 0 Å². The van der Waals surface area contributed by atoms with E-state index >= 15 is 0 Å². The molecule has 1 atom stereocenters. The topological polar surface area (TPSA) is 52.0 Å². The van der Waals surface area contributed by atoms with Crippen molar-refractivity contribution in [3.05, 3.63) is 17.5 Å². The third-order valence-corrected chi connectivity index (χ3v) is 1.68. The molecule has 11 heavy (non-hydrogen) atoms. The summed E-state index contributed by atoms with van der Waals surface area (Å²) in [5.74, 6) is 0.433. The Bertz CT molecular complexity index is 205.